The summed E-state index contributed by atoms with van der Waals surface area (Å²) in [5.41, 5.74) is 9.48. The van der Waals surface area contributed by atoms with Crippen LogP contribution in [-0.4, -0.2) is 33.1 Å². The van der Waals surface area contributed by atoms with Gasteiger partial charge in [0, 0.05) is 11.4 Å². The smallest absolute Gasteiger partial charge is 0.119 e. The number of fused-ring (bicyclic) bond motifs is 1. The molecule has 0 aliphatic rings. The van der Waals surface area contributed by atoms with Crippen LogP contribution in [0.5, 0.6) is 11.5 Å². The summed E-state index contributed by atoms with van der Waals surface area (Å²) in [6.45, 7) is 6.13. The van der Waals surface area contributed by atoms with Gasteiger partial charge in [-0.3, -0.25) is 0 Å². The van der Waals surface area contributed by atoms with Gasteiger partial charge in [-0.05, 0) is 109 Å². The number of unbranched alkanes of at least 4 members (excludes halogenated alkanes) is 26. The SMILES string of the molecule is CCCCCCCCCCCCCCCCOc1ccc(-c2ccc(-c3nc4ccccc4nc3-c3ccc(-c4ccc(OCCCCCCCCCCCCCCCC)cc4)[nH]3)[nH]2)cc1. The second-order valence-corrected chi connectivity index (χ2v) is 18.9. The second kappa shape index (κ2) is 30.4. The van der Waals surface area contributed by atoms with Crippen LogP contribution in [0, 0.1) is 0 Å². The lowest BCUT2D eigenvalue weighted by Crippen LogP contribution is -1.97. The molecule has 6 nitrogen and oxygen atoms in total. The molecule has 0 bridgehead atoms. The fourth-order valence-corrected chi connectivity index (χ4v) is 9.21. The largest absolute Gasteiger partial charge is 0.494 e. The van der Waals surface area contributed by atoms with E-state index in [1.807, 2.05) is 24.3 Å². The van der Waals surface area contributed by atoms with Gasteiger partial charge in [0.05, 0.1) is 35.6 Å². The number of hydrogen-bond donors (Lipinski definition) is 2. The van der Waals surface area contributed by atoms with Crippen LogP contribution in [0.15, 0.2) is 97.1 Å². The Morgan fingerprint density at radius 1 is 0.318 bits per heavy atom. The molecule has 3 heterocycles. The fourth-order valence-electron chi connectivity index (χ4n) is 9.21. The number of para-hydroxylation sites is 2. The van der Waals surface area contributed by atoms with Crippen molar-refractivity contribution in [3.63, 3.8) is 0 Å². The molecule has 6 rings (SSSR count). The van der Waals surface area contributed by atoms with E-state index in [0.717, 1.165) is 93.9 Å². The van der Waals surface area contributed by atoms with Gasteiger partial charge in [0.1, 0.15) is 22.9 Å². The molecule has 3 aromatic carbocycles. The van der Waals surface area contributed by atoms with Crippen LogP contribution in [0.4, 0.5) is 0 Å². The van der Waals surface area contributed by atoms with Crippen molar-refractivity contribution in [2.24, 2.45) is 0 Å². The Balaban J connectivity index is 0.924. The van der Waals surface area contributed by atoms with Gasteiger partial charge in [-0.1, -0.05) is 193 Å². The quantitative estimate of drug-likeness (QED) is 0.0385. The Hall–Kier alpha value is -4.84. The third-order valence-electron chi connectivity index (χ3n) is 13.3. The van der Waals surface area contributed by atoms with E-state index in [4.69, 9.17) is 19.4 Å². The van der Waals surface area contributed by atoms with Gasteiger partial charge in [0.15, 0.2) is 0 Å². The maximum absolute atomic E-state index is 6.14. The molecule has 0 radical (unpaired) electrons. The van der Waals surface area contributed by atoms with E-state index >= 15 is 0 Å². The number of nitrogens with zero attached hydrogens (tertiary/aromatic N) is 2. The zero-order valence-corrected chi connectivity index (χ0v) is 41.2. The van der Waals surface area contributed by atoms with E-state index in [9.17, 15) is 0 Å². The minimum absolute atomic E-state index is 0.771. The van der Waals surface area contributed by atoms with Gasteiger partial charge < -0.3 is 19.4 Å². The van der Waals surface area contributed by atoms with Gasteiger partial charge in [0.2, 0.25) is 0 Å². The van der Waals surface area contributed by atoms with E-state index < -0.39 is 0 Å². The number of ether oxygens (including phenoxy) is 2. The Kier molecular flexibility index (Phi) is 23.3. The van der Waals surface area contributed by atoms with Crippen LogP contribution < -0.4 is 9.47 Å². The Bertz CT molecular complexity index is 2010. The van der Waals surface area contributed by atoms with Gasteiger partial charge in [-0.2, -0.15) is 0 Å². The molecule has 0 amide bonds. The van der Waals surface area contributed by atoms with Crippen molar-refractivity contribution in [3.8, 4) is 56.8 Å². The van der Waals surface area contributed by atoms with E-state index in [1.165, 1.54) is 167 Å². The Morgan fingerprint density at radius 2 is 0.606 bits per heavy atom. The summed E-state index contributed by atoms with van der Waals surface area (Å²) in [6, 6.07) is 33.5. The summed E-state index contributed by atoms with van der Waals surface area (Å²) in [7, 11) is 0. The summed E-state index contributed by atoms with van der Waals surface area (Å²) in [4.78, 5) is 17.6. The number of H-pyrrole nitrogens is 2. The summed E-state index contributed by atoms with van der Waals surface area (Å²) in [6.07, 6.45) is 38.2. The third kappa shape index (κ3) is 17.8. The highest BCUT2D eigenvalue weighted by Gasteiger charge is 2.17. The standard InChI is InChI=1S/C60H84N4O2/c1-3-5-7-9-11-13-15-17-19-21-23-25-27-31-47-65-51-39-35-49(36-40-51)53-43-45-57(61-53)59-60(64-56-34-30-29-33-55(56)63-59)58-46-44-54(62-58)50-37-41-52(42-38-50)66-48-32-28-26-24-22-20-18-16-14-12-10-8-6-4-2/h29-30,33-46,61-62H,3-28,31-32,47-48H2,1-2H3. The molecule has 0 saturated carbocycles. The molecule has 0 fully saturated rings. The van der Waals surface area contributed by atoms with Crippen molar-refractivity contribution in [3.05, 3.63) is 97.1 Å². The maximum Gasteiger partial charge on any atom is 0.119 e. The van der Waals surface area contributed by atoms with E-state index in [1.54, 1.807) is 0 Å². The topological polar surface area (TPSA) is 75.8 Å². The first kappa shape index (κ1) is 50.6. The fraction of sp³-hybridized carbons (Fsp3) is 0.533. The molecule has 3 aromatic heterocycles. The molecule has 356 valence electrons. The predicted octanol–water partition coefficient (Wildman–Crippen LogP) is 18.7. The van der Waals surface area contributed by atoms with Crippen LogP contribution in [-0.2, 0) is 0 Å². The number of benzene rings is 3. The second-order valence-electron chi connectivity index (χ2n) is 18.9. The van der Waals surface area contributed by atoms with Gasteiger partial charge >= 0.3 is 0 Å². The lowest BCUT2D eigenvalue weighted by Gasteiger charge is -2.09. The molecule has 0 unspecified atom stereocenters. The molecule has 2 N–H and O–H groups in total. The number of aromatic nitrogens is 4. The summed E-state index contributed by atoms with van der Waals surface area (Å²) >= 11 is 0. The van der Waals surface area contributed by atoms with Crippen molar-refractivity contribution in [2.45, 2.75) is 194 Å². The van der Waals surface area contributed by atoms with Crippen molar-refractivity contribution >= 4 is 11.0 Å². The maximum atomic E-state index is 6.14. The number of hydrogen-bond acceptors (Lipinski definition) is 4. The van der Waals surface area contributed by atoms with Crippen molar-refractivity contribution in [1.29, 1.82) is 0 Å². The molecule has 66 heavy (non-hydrogen) atoms. The normalized spacial score (nSPS) is 11.5. The highest BCUT2D eigenvalue weighted by atomic mass is 16.5. The van der Waals surface area contributed by atoms with E-state index in [-0.39, 0.29) is 0 Å². The molecule has 0 spiro atoms. The van der Waals surface area contributed by atoms with Crippen LogP contribution in [0.3, 0.4) is 0 Å². The lowest BCUT2D eigenvalue weighted by atomic mass is 10.0. The third-order valence-corrected chi connectivity index (χ3v) is 13.3. The lowest BCUT2D eigenvalue weighted by molar-refractivity contribution is 0.304. The summed E-state index contributed by atoms with van der Waals surface area (Å²) in [5.74, 6) is 1.85. The first-order valence-corrected chi connectivity index (χ1v) is 26.8. The van der Waals surface area contributed by atoms with E-state index in [2.05, 4.69) is 96.6 Å². The molecule has 6 heteroatoms. The number of rotatable bonds is 36. The minimum atomic E-state index is 0.771. The van der Waals surface area contributed by atoms with Crippen molar-refractivity contribution < 1.29 is 9.47 Å². The molecular formula is C60H84N4O2. The van der Waals surface area contributed by atoms with Gasteiger partial charge in [-0.25, -0.2) is 9.97 Å². The van der Waals surface area contributed by atoms with Crippen LogP contribution >= 0.6 is 0 Å². The first-order chi connectivity index (χ1) is 32.7. The van der Waals surface area contributed by atoms with Crippen LogP contribution in [0.1, 0.15) is 194 Å². The highest BCUT2D eigenvalue weighted by molar-refractivity contribution is 5.86. The average Bonchev–Trinajstić information content (AvgIpc) is 4.06. The predicted molar refractivity (Wildman–Crippen MR) is 282 cm³/mol. The molecule has 0 atom stereocenters. The monoisotopic (exact) mass is 893 g/mol. The number of aromatic amines is 2. The van der Waals surface area contributed by atoms with Crippen molar-refractivity contribution in [2.75, 3.05) is 13.2 Å². The Labute approximate surface area is 399 Å². The Morgan fingerprint density at radius 3 is 0.924 bits per heavy atom. The van der Waals surface area contributed by atoms with Crippen molar-refractivity contribution in [1.82, 2.24) is 19.9 Å². The molecule has 6 aromatic rings. The number of nitrogens with one attached hydrogen (secondary N) is 2. The zero-order valence-electron chi connectivity index (χ0n) is 41.2. The zero-order chi connectivity index (χ0) is 45.7. The van der Waals surface area contributed by atoms with Gasteiger partial charge in [0.25, 0.3) is 0 Å². The summed E-state index contributed by atoms with van der Waals surface area (Å²) in [5, 5.41) is 0. The average molecular weight is 893 g/mol. The summed E-state index contributed by atoms with van der Waals surface area (Å²) < 4.78 is 12.3. The molecule has 0 aliphatic carbocycles. The highest BCUT2D eigenvalue weighted by Crippen LogP contribution is 2.34. The molecule has 0 saturated heterocycles. The first-order valence-electron chi connectivity index (χ1n) is 26.8. The van der Waals surface area contributed by atoms with Gasteiger partial charge in [-0.15, -0.1) is 0 Å². The van der Waals surface area contributed by atoms with Crippen LogP contribution in [0.2, 0.25) is 0 Å². The van der Waals surface area contributed by atoms with Crippen LogP contribution in [0.25, 0.3) is 56.3 Å². The van der Waals surface area contributed by atoms with E-state index in [0.29, 0.717) is 0 Å². The molecular weight excluding hydrogens is 809 g/mol. The minimum Gasteiger partial charge on any atom is -0.494 e. The molecule has 0 aliphatic heterocycles.